The zero-order valence-electron chi connectivity index (χ0n) is 26.9. The van der Waals surface area contributed by atoms with Crippen LogP contribution in [0.5, 0.6) is 0 Å². The minimum absolute atomic E-state index is 0.0941. The lowest BCUT2D eigenvalue weighted by Crippen LogP contribution is -2.77. The van der Waals surface area contributed by atoms with E-state index >= 15 is 0 Å². The Morgan fingerprint density at radius 3 is 0.686 bits per heavy atom. The van der Waals surface area contributed by atoms with Gasteiger partial charge >= 0.3 is 16.6 Å². The second kappa shape index (κ2) is 19.6. The first kappa shape index (κ1) is 40.1. The van der Waals surface area contributed by atoms with Crippen molar-refractivity contribution in [2.75, 3.05) is 125 Å². The van der Waals surface area contributed by atoms with Crippen LogP contribution in [0.4, 0.5) is 0 Å². The van der Waals surface area contributed by atoms with Crippen LogP contribution in [0.2, 0.25) is 0 Å². The van der Waals surface area contributed by atoms with Crippen molar-refractivity contribution in [1.29, 1.82) is 0 Å². The van der Waals surface area contributed by atoms with Gasteiger partial charge in [0.25, 0.3) is 0 Å². The first-order valence-electron chi connectivity index (χ1n) is 12.7. The lowest BCUT2D eigenvalue weighted by Gasteiger charge is -2.49. The van der Waals surface area contributed by atoms with Gasteiger partial charge in [0.05, 0.1) is 0 Å². The number of hydrogen-bond donors (Lipinski definition) is 0. The molecule has 0 aromatic carbocycles. The summed E-state index contributed by atoms with van der Waals surface area (Å²) in [6, 6.07) is 0. The number of nitrogens with zero attached hydrogens (tertiary/aromatic N) is 9. The Morgan fingerprint density at radius 2 is 0.629 bits per heavy atom. The monoisotopic (exact) mass is 573 g/mol. The third kappa shape index (κ3) is 12.3. The molecular weight excluding hydrogens is 510 g/mol. The Bertz CT molecular complexity index is 433. The van der Waals surface area contributed by atoms with Crippen molar-refractivity contribution in [3.05, 3.63) is 0 Å². The van der Waals surface area contributed by atoms with Gasteiger partial charge < -0.3 is 9.13 Å². The molecule has 0 atom stereocenters. The fraction of sp³-hybridized carbons (Fsp3) is 1.00. The van der Waals surface area contributed by atoms with E-state index in [0.717, 1.165) is 0 Å². The Morgan fingerprint density at radius 1 is 0.429 bits per heavy atom. The van der Waals surface area contributed by atoms with Crippen LogP contribution in [0.15, 0.2) is 0 Å². The Balaban J connectivity index is -0.000000441. The summed E-state index contributed by atoms with van der Waals surface area (Å²) in [5.41, 5.74) is 0. The Kier molecular flexibility index (Phi) is 22.5. The first-order valence-corrected chi connectivity index (χ1v) is 18.6. The molecule has 35 heavy (non-hydrogen) atoms. The van der Waals surface area contributed by atoms with Crippen molar-refractivity contribution < 1.29 is 0 Å². The van der Waals surface area contributed by atoms with Crippen molar-refractivity contribution in [1.82, 2.24) is 41.1 Å². The average molecular weight is 575 g/mol. The fourth-order valence-electron chi connectivity index (χ4n) is 4.73. The highest BCUT2D eigenvalue weighted by Gasteiger charge is 2.46. The first-order chi connectivity index (χ1) is 15.9. The van der Waals surface area contributed by atoms with Gasteiger partial charge in [0.1, 0.15) is 0 Å². The second-order valence-electron chi connectivity index (χ2n) is 10.2. The van der Waals surface area contributed by atoms with E-state index < -0.39 is 16.6 Å². The summed E-state index contributed by atoms with van der Waals surface area (Å²) in [7, 11) is 25.4. The van der Waals surface area contributed by atoms with Crippen LogP contribution in [-0.4, -0.2) is 192 Å². The summed E-state index contributed by atoms with van der Waals surface area (Å²) >= 11 is 6.46. The van der Waals surface area contributed by atoms with Gasteiger partial charge in [0, 0.05) is 0 Å². The maximum absolute atomic E-state index is 6.46. The molecule has 13 heteroatoms. The molecule has 0 saturated carbocycles. The number of rotatable bonds is 13. The third-order valence-corrected chi connectivity index (χ3v) is 20.1. The molecule has 0 radical (unpaired) electrons. The second-order valence-corrected chi connectivity index (χ2v) is 22.3. The van der Waals surface area contributed by atoms with Crippen LogP contribution in [0, 0.1) is 0 Å². The third-order valence-electron chi connectivity index (χ3n) is 6.30. The molecule has 0 saturated heterocycles. The van der Waals surface area contributed by atoms with Gasteiger partial charge in [0.15, 0.2) is 9.84 Å². The summed E-state index contributed by atoms with van der Waals surface area (Å²) in [6.45, 7) is 13.9. The largest absolute Gasteiger partial charge is 0.391 e. The molecule has 0 N–H and O–H groups in total. The van der Waals surface area contributed by atoms with E-state index in [9.17, 15) is 0 Å². The van der Waals surface area contributed by atoms with Gasteiger partial charge in [-0.15, -0.1) is 11.1 Å². The predicted octanol–water partition coefficient (Wildman–Crippen LogP) is 0.683. The smallest absolute Gasteiger partial charge is 0.317 e. The van der Waals surface area contributed by atoms with Crippen LogP contribution < -0.4 is 0 Å². The molecule has 0 aromatic heterocycles. The molecule has 0 heterocycles. The average Bonchev–Trinajstić information content (AvgIpc) is 2.73. The molecule has 0 unspecified atom stereocenters. The molecule has 0 aromatic rings. The van der Waals surface area contributed by atoms with Crippen molar-refractivity contribution in [2.24, 2.45) is 0 Å². The van der Waals surface area contributed by atoms with E-state index in [1.165, 1.54) is 26.2 Å². The highest BCUT2D eigenvalue weighted by molar-refractivity contribution is 7.15. The van der Waals surface area contributed by atoms with Gasteiger partial charge in [-0.2, -0.15) is 0 Å². The molecule has 216 valence electrons. The molecule has 0 aliphatic rings. The molecule has 0 amide bonds. The predicted molar refractivity (Wildman–Crippen MR) is 168 cm³/mol. The number of hydrogen-bond acceptors (Lipinski definition) is 9. The zero-order chi connectivity index (χ0) is 28.7. The molecule has 0 spiro atoms. The van der Waals surface area contributed by atoms with Gasteiger partial charge in [-0.1, -0.05) is 27.7 Å². The topological polar surface area (TPSA) is 29.2 Å². The van der Waals surface area contributed by atoms with Gasteiger partial charge in [-0.3, -0.25) is 32.0 Å². The lowest BCUT2D eigenvalue weighted by molar-refractivity contribution is 0.294. The van der Waals surface area contributed by atoms with Crippen molar-refractivity contribution in [3.8, 4) is 0 Å². The zero-order valence-corrected chi connectivity index (χ0v) is 31.1. The summed E-state index contributed by atoms with van der Waals surface area (Å²) < 4.78 is 20.7. The fourth-order valence-corrected chi connectivity index (χ4v) is 13.3. The van der Waals surface area contributed by atoms with Crippen LogP contribution in [0.3, 0.4) is 0 Å². The van der Waals surface area contributed by atoms with E-state index in [2.05, 4.69) is 125 Å². The summed E-state index contributed by atoms with van der Waals surface area (Å²) in [5.74, 6) is 0. The standard InChI is InChI=1S/C8H24N4Si.C8H22N2Si.C6H18ClN3Si/c1-9(2)13(10(3)4,11(5)6)12(7)8;1-5-9(6-2)11-10(7-3)8-4;1-8(2)11(7,9(3)4)10(5)6/h1-8H3;5-8,11H2,1-4H3;1-6H3. The van der Waals surface area contributed by atoms with Crippen LogP contribution in [0.1, 0.15) is 27.7 Å². The van der Waals surface area contributed by atoms with E-state index in [4.69, 9.17) is 11.1 Å². The molecular formula is C22H64ClN9Si3. The molecule has 0 aliphatic carbocycles. The van der Waals surface area contributed by atoms with E-state index in [-0.39, 0.29) is 9.84 Å². The van der Waals surface area contributed by atoms with Crippen LogP contribution in [0.25, 0.3) is 0 Å². The van der Waals surface area contributed by atoms with Gasteiger partial charge in [0.2, 0.25) is 0 Å². The molecule has 0 aliphatic heterocycles. The van der Waals surface area contributed by atoms with E-state index in [0.29, 0.717) is 0 Å². The van der Waals surface area contributed by atoms with E-state index in [1.54, 1.807) is 0 Å². The maximum Gasteiger partial charge on any atom is 0.391 e. The molecule has 0 bridgehead atoms. The molecule has 0 rings (SSSR count). The van der Waals surface area contributed by atoms with Gasteiger partial charge in [-0.05, 0) is 125 Å². The van der Waals surface area contributed by atoms with Crippen LogP contribution >= 0.6 is 11.1 Å². The summed E-state index contributed by atoms with van der Waals surface area (Å²) in [5, 5.41) is 0. The maximum atomic E-state index is 6.46. The Labute approximate surface area is 230 Å². The summed E-state index contributed by atoms with van der Waals surface area (Å²) in [4.78, 5) is 0. The summed E-state index contributed by atoms with van der Waals surface area (Å²) in [6.07, 6.45) is 0. The molecule has 9 nitrogen and oxygen atoms in total. The highest BCUT2D eigenvalue weighted by atomic mass is 35.6. The van der Waals surface area contributed by atoms with Crippen molar-refractivity contribution in [3.63, 3.8) is 0 Å². The normalized spacial score (nSPS) is 13.0. The van der Waals surface area contributed by atoms with Crippen molar-refractivity contribution >= 4 is 37.5 Å². The SMILES string of the molecule is CCN(CC)[SiH2]N(CC)CC.CN(C)[Si](Cl)(N(C)C)N(C)C.CN(C)[Si](N(C)C)(N(C)C)N(C)C. The van der Waals surface area contributed by atoms with Gasteiger partial charge in [-0.25, -0.2) is 0 Å². The number of halogens is 1. The highest BCUT2D eigenvalue weighted by Crippen LogP contribution is 2.16. The quantitative estimate of drug-likeness (QED) is 0.233. The molecule has 0 fully saturated rings. The minimum Gasteiger partial charge on any atom is -0.317 e. The Hall–Kier alpha value is 0.581. The van der Waals surface area contributed by atoms with Crippen LogP contribution in [-0.2, 0) is 0 Å². The lowest BCUT2D eigenvalue weighted by atomic mass is 10.7. The van der Waals surface area contributed by atoms with Crippen molar-refractivity contribution in [2.45, 2.75) is 27.7 Å². The van der Waals surface area contributed by atoms with E-state index in [1.807, 2.05) is 42.3 Å². The minimum atomic E-state index is -2.01.